The van der Waals surface area contributed by atoms with Crippen LogP contribution in [0.25, 0.3) is 0 Å². The van der Waals surface area contributed by atoms with Crippen molar-refractivity contribution in [3.63, 3.8) is 0 Å². The van der Waals surface area contributed by atoms with Crippen LogP contribution in [0.1, 0.15) is 34.1 Å². The van der Waals surface area contributed by atoms with Crippen molar-refractivity contribution in [1.29, 1.82) is 0 Å². The molecule has 0 radical (unpaired) electrons. The summed E-state index contributed by atoms with van der Waals surface area (Å²) in [7, 11) is 1.62. The Morgan fingerprint density at radius 1 is 1.17 bits per heavy atom. The van der Waals surface area contributed by atoms with Crippen LogP contribution >= 0.6 is 0 Å². The quantitative estimate of drug-likeness (QED) is 0.903. The molecule has 1 atom stereocenters. The second-order valence-corrected chi connectivity index (χ2v) is 4.59. The molecule has 1 aromatic carbocycles. The second kappa shape index (κ2) is 4.86. The van der Waals surface area contributed by atoms with Crippen molar-refractivity contribution < 1.29 is 14.3 Å². The van der Waals surface area contributed by atoms with Crippen LogP contribution in [0.3, 0.4) is 0 Å². The minimum absolute atomic E-state index is 0.707. The summed E-state index contributed by atoms with van der Waals surface area (Å²) >= 11 is 0. The van der Waals surface area contributed by atoms with E-state index in [2.05, 4.69) is 0 Å². The molecular formula is C15H18O3. The summed E-state index contributed by atoms with van der Waals surface area (Å²) in [6, 6.07) is 5.80. The van der Waals surface area contributed by atoms with Crippen LogP contribution in [0, 0.1) is 20.8 Å². The van der Waals surface area contributed by atoms with Crippen LogP contribution in [0.2, 0.25) is 0 Å². The fraction of sp³-hybridized carbons (Fsp3) is 0.333. The van der Waals surface area contributed by atoms with Gasteiger partial charge in [-0.3, -0.25) is 0 Å². The van der Waals surface area contributed by atoms with Crippen molar-refractivity contribution in [3.05, 3.63) is 52.5 Å². The van der Waals surface area contributed by atoms with Crippen molar-refractivity contribution in [2.24, 2.45) is 0 Å². The minimum atomic E-state index is -0.724. The maximum atomic E-state index is 10.4. The average molecular weight is 246 g/mol. The van der Waals surface area contributed by atoms with Gasteiger partial charge < -0.3 is 14.3 Å². The lowest BCUT2D eigenvalue weighted by molar-refractivity contribution is 0.213. The summed E-state index contributed by atoms with van der Waals surface area (Å²) in [5.41, 5.74) is 3.67. The molecular weight excluding hydrogens is 228 g/mol. The molecule has 1 aromatic heterocycles. The zero-order chi connectivity index (χ0) is 13.3. The van der Waals surface area contributed by atoms with Gasteiger partial charge in [0, 0.05) is 11.1 Å². The lowest BCUT2D eigenvalue weighted by atomic mass is 9.96. The predicted molar refractivity (Wildman–Crippen MR) is 70.0 cm³/mol. The molecule has 1 N–H and O–H groups in total. The van der Waals surface area contributed by atoms with Crippen LogP contribution in [0.15, 0.2) is 28.9 Å². The van der Waals surface area contributed by atoms with Gasteiger partial charge in [0.1, 0.15) is 17.6 Å². The van der Waals surface area contributed by atoms with Crippen molar-refractivity contribution >= 4 is 0 Å². The van der Waals surface area contributed by atoms with Crippen molar-refractivity contribution in [3.8, 4) is 5.75 Å². The van der Waals surface area contributed by atoms with Gasteiger partial charge in [0.2, 0.25) is 0 Å². The number of hydrogen-bond acceptors (Lipinski definition) is 3. The summed E-state index contributed by atoms with van der Waals surface area (Å²) < 4.78 is 10.6. The number of hydrogen-bond donors (Lipinski definition) is 1. The van der Waals surface area contributed by atoms with Crippen LogP contribution in [0.5, 0.6) is 5.75 Å². The lowest BCUT2D eigenvalue weighted by Gasteiger charge is -2.17. The molecule has 0 amide bonds. The number of aliphatic hydroxyl groups is 1. The van der Waals surface area contributed by atoms with Crippen molar-refractivity contribution in [2.75, 3.05) is 7.11 Å². The highest BCUT2D eigenvalue weighted by atomic mass is 16.5. The third kappa shape index (κ3) is 2.27. The van der Waals surface area contributed by atoms with E-state index in [1.807, 2.05) is 39.0 Å². The summed E-state index contributed by atoms with van der Waals surface area (Å²) in [4.78, 5) is 0. The number of benzene rings is 1. The predicted octanol–water partition coefficient (Wildman–Crippen LogP) is 3.30. The third-order valence-electron chi connectivity index (χ3n) is 3.05. The molecule has 2 aromatic rings. The first-order valence-corrected chi connectivity index (χ1v) is 5.91. The smallest absolute Gasteiger partial charge is 0.125 e. The lowest BCUT2D eigenvalue weighted by Crippen LogP contribution is -2.04. The minimum Gasteiger partial charge on any atom is -0.496 e. The van der Waals surface area contributed by atoms with E-state index in [4.69, 9.17) is 9.15 Å². The van der Waals surface area contributed by atoms with Gasteiger partial charge in [0.25, 0.3) is 0 Å². The Balaban J connectivity index is 2.50. The molecule has 0 aliphatic carbocycles. The van der Waals surface area contributed by atoms with E-state index >= 15 is 0 Å². The van der Waals surface area contributed by atoms with E-state index in [1.54, 1.807) is 13.4 Å². The highest BCUT2D eigenvalue weighted by Gasteiger charge is 2.19. The van der Waals surface area contributed by atoms with E-state index in [9.17, 15) is 5.11 Å². The van der Waals surface area contributed by atoms with Gasteiger partial charge >= 0.3 is 0 Å². The van der Waals surface area contributed by atoms with E-state index in [0.717, 1.165) is 28.0 Å². The Bertz CT molecular complexity index is 555. The monoisotopic (exact) mass is 246 g/mol. The van der Waals surface area contributed by atoms with Gasteiger partial charge in [0.15, 0.2) is 0 Å². The first-order chi connectivity index (χ1) is 8.52. The van der Waals surface area contributed by atoms with E-state index in [1.165, 1.54) is 0 Å². The standard InChI is InChI=1S/C15H18O3/c1-9-5-10(2)14(13(6-9)17-4)15(16)12-7-11(3)18-8-12/h5-8,15-16H,1-4H3. The Kier molecular flexibility index (Phi) is 3.43. The topological polar surface area (TPSA) is 42.6 Å². The van der Waals surface area contributed by atoms with Gasteiger partial charge in [-0.25, -0.2) is 0 Å². The van der Waals surface area contributed by atoms with Gasteiger partial charge in [-0.05, 0) is 44.0 Å². The van der Waals surface area contributed by atoms with Crippen LogP contribution in [-0.2, 0) is 0 Å². The number of aliphatic hydroxyl groups excluding tert-OH is 1. The number of rotatable bonds is 3. The molecule has 1 heterocycles. The van der Waals surface area contributed by atoms with Crippen molar-refractivity contribution in [1.82, 2.24) is 0 Å². The van der Waals surface area contributed by atoms with E-state index in [-0.39, 0.29) is 0 Å². The first-order valence-electron chi connectivity index (χ1n) is 5.91. The van der Waals surface area contributed by atoms with Gasteiger partial charge in [-0.15, -0.1) is 0 Å². The highest BCUT2D eigenvalue weighted by molar-refractivity contribution is 5.47. The number of furan rings is 1. The zero-order valence-corrected chi connectivity index (χ0v) is 11.2. The SMILES string of the molecule is COc1cc(C)cc(C)c1C(O)c1coc(C)c1. The molecule has 0 fully saturated rings. The van der Waals surface area contributed by atoms with Crippen LogP contribution < -0.4 is 4.74 Å². The molecule has 0 saturated carbocycles. The first kappa shape index (κ1) is 12.7. The fourth-order valence-electron chi connectivity index (χ4n) is 2.23. The Labute approximate surface area is 107 Å². The van der Waals surface area contributed by atoms with Crippen molar-refractivity contribution in [2.45, 2.75) is 26.9 Å². The highest BCUT2D eigenvalue weighted by Crippen LogP contribution is 2.34. The maximum Gasteiger partial charge on any atom is 0.125 e. The molecule has 96 valence electrons. The number of methoxy groups -OCH3 is 1. The molecule has 3 nitrogen and oxygen atoms in total. The van der Waals surface area contributed by atoms with Gasteiger partial charge in [-0.1, -0.05) is 6.07 Å². The largest absolute Gasteiger partial charge is 0.496 e. The molecule has 1 unspecified atom stereocenters. The molecule has 0 spiro atoms. The third-order valence-corrected chi connectivity index (χ3v) is 3.05. The Hall–Kier alpha value is -1.74. The zero-order valence-electron chi connectivity index (χ0n) is 11.2. The van der Waals surface area contributed by atoms with E-state index < -0.39 is 6.10 Å². The Morgan fingerprint density at radius 3 is 2.44 bits per heavy atom. The molecule has 0 saturated heterocycles. The molecule has 18 heavy (non-hydrogen) atoms. The molecule has 0 bridgehead atoms. The molecule has 0 aliphatic heterocycles. The number of ether oxygens (including phenoxy) is 1. The van der Waals surface area contributed by atoms with Gasteiger partial charge in [0.05, 0.1) is 13.4 Å². The van der Waals surface area contributed by atoms with Crippen LogP contribution in [-0.4, -0.2) is 12.2 Å². The number of aryl methyl sites for hydroxylation is 3. The fourth-order valence-corrected chi connectivity index (χ4v) is 2.23. The van der Waals surface area contributed by atoms with Crippen LogP contribution in [0.4, 0.5) is 0 Å². The summed E-state index contributed by atoms with van der Waals surface area (Å²) in [6.45, 7) is 5.84. The molecule has 0 aliphatic rings. The molecule has 2 rings (SSSR count). The average Bonchev–Trinajstić information content (AvgIpc) is 2.74. The second-order valence-electron chi connectivity index (χ2n) is 4.59. The summed E-state index contributed by atoms with van der Waals surface area (Å²) in [6.07, 6.45) is 0.858. The molecule has 3 heteroatoms. The summed E-state index contributed by atoms with van der Waals surface area (Å²) in [5, 5.41) is 10.4. The van der Waals surface area contributed by atoms with Gasteiger partial charge in [-0.2, -0.15) is 0 Å². The maximum absolute atomic E-state index is 10.4. The Morgan fingerprint density at radius 2 is 1.89 bits per heavy atom. The normalized spacial score (nSPS) is 12.5. The summed E-state index contributed by atoms with van der Waals surface area (Å²) in [5.74, 6) is 1.49. The van der Waals surface area contributed by atoms with E-state index in [0.29, 0.717) is 5.75 Å².